The number of carbonyl (C=O) groups is 1. The standard InChI is InChI=1S/C21H20FN5O2S/c1-29-18-6-7-21(15(18)11-30-20(24)27-21)14-8-13(3-4-16(14)22)26-19(28)17-5-2-12(9-23)10-25-17/h2-5,8,10,15,18H,6-7,11H2,1H3,(H2,24,27)(H,26,28)/t15-,18+,21-/m1/s1. The van der Waals surface area contributed by atoms with Crippen LogP contribution in [0, 0.1) is 23.1 Å². The first kappa shape index (κ1) is 20.3. The first-order chi connectivity index (χ1) is 14.5. The monoisotopic (exact) mass is 425 g/mol. The Balaban J connectivity index is 1.67. The van der Waals surface area contributed by atoms with E-state index in [1.54, 1.807) is 13.2 Å². The maximum absolute atomic E-state index is 15.0. The van der Waals surface area contributed by atoms with Crippen molar-refractivity contribution in [2.75, 3.05) is 18.2 Å². The zero-order valence-electron chi connectivity index (χ0n) is 16.3. The van der Waals surface area contributed by atoms with Gasteiger partial charge >= 0.3 is 0 Å². The van der Waals surface area contributed by atoms with Crippen LogP contribution in [0.2, 0.25) is 0 Å². The zero-order valence-corrected chi connectivity index (χ0v) is 17.1. The molecule has 1 saturated carbocycles. The molecule has 3 atom stereocenters. The van der Waals surface area contributed by atoms with E-state index in [1.807, 2.05) is 6.07 Å². The number of anilines is 1. The molecule has 1 aromatic carbocycles. The van der Waals surface area contributed by atoms with Crippen LogP contribution in [0.15, 0.2) is 41.5 Å². The number of rotatable bonds is 4. The second-order valence-corrected chi connectivity index (χ2v) is 8.34. The number of carbonyl (C=O) groups excluding carboxylic acids is 1. The quantitative estimate of drug-likeness (QED) is 0.778. The lowest BCUT2D eigenvalue weighted by Gasteiger charge is -2.37. The third-order valence-corrected chi connectivity index (χ3v) is 6.62. The van der Waals surface area contributed by atoms with E-state index in [1.165, 1.54) is 42.2 Å². The van der Waals surface area contributed by atoms with Crippen LogP contribution in [-0.2, 0) is 10.3 Å². The SMILES string of the molecule is CO[C@H]1CC[C@]2(c3cc(NC(=O)c4ccc(C#N)cn4)ccc3F)N=C(N)SC[C@H]12. The fraction of sp³-hybridized carbons (Fsp3) is 0.333. The number of thioether (sulfide) groups is 1. The molecule has 7 nitrogen and oxygen atoms in total. The molecule has 0 bridgehead atoms. The number of hydrogen-bond donors (Lipinski definition) is 2. The highest BCUT2D eigenvalue weighted by Gasteiger charge is 2.53. The highest BCUT2D eigenvalue weighted by atomic mass is 32.2. The normalized spacial score (nSPS) is 25.2. The Morgan fingerprint density at radius 1 is 1.43 bits per heavy atom. The van der Waals surface area contributed by atoms with Crippen molar-refractivity contribution in [2.45, 2.75) is 24.5 Å². The van der Waals surface area contributed by atoms with Crippen molar-refractivity contribution < 1.29 is 13.9 Å². The van der Waals surface area contributed by atoms with Crippen molar-refractivity contribution in [3.8, 4) is 6.07 Å². The lowest BCUT2D eigenvalue weighted by atomic mass is 9.80. The van der Waals surface area contributed by atoms with Crippen LogP contribution in [0.25, 0.3) is 0 Å². The first-order valence-corrected chi connectivity index (χ1v) is 10.4. The Morgan fingerprint density at radius 3 is 2.97 bits per heavy atom. The molecular formula is C21H20FN5O2S. The largest absolute Gasteiger partial charge is 0.381 e. The number of nitrogens with zero attached hydrogens (tertiary/aromatic N) is 3. The van der Waals surface area contributed by atoms with Gasteiger partial charge in [-0.1, -0.05) is 11.8 Å². The number of nitrogens with one attached hydrogen (secondary N) is 1. The van der Waals surface area contributed by atoms with Gasteiger partial charge in [0.1, 0.15) is 17.6 Å². The summed E-state index contributed by atoms with van der Waals surface area (Å²) in [5, 5.41) is 12.0. The molecule has 3 N–H and O–H groups in total. The van der Waals surface area contributed by atoms with E-state index < -0.39 is 17.3 Å². The van der Waals surface area contributed by atoms with Crippen LogP contribution < -0.4 is 11.1 Å². The fourth-order valence-electron chi connectivity index (χ4n) is 4.25. The van der Waals surface area contributed by atoms with Crippen molar-refractivity contribution in [3.05, 3.63) is 59.2 Å². The van der Waals surface area contributed by atoms with Gasteiger partial charge in [-0.05, 0) is 43.2 Å². The van der Waals surface area contributed by atoms with Gasteiger partial charge in [-0.2, -0.15) is 5.26 Å². The number of nitriles is 1. The molecule has 0 unspecified atom stereocenters. The summed E-state index contributed by atoms with van der Waals surface area (Å²) in [4.78, 5) is 21.2. The van der Waals surface area contributed by atoms with Gasteiger partial charge < -0.3 is 15.8 Å². The molecule has 4 rings (SSSR count). The van der Waals surface area contributed by atoms with Gasteiger partial charge in [-0.15, -0.1) is 0 Å². The minimum atomic E-state index is -0.812. The maximum atomic E-state index is 15.0. The average molecular weight is 425 g/mol. The molecule has 0 radical (unpaired) electrons. The van der Waals surface area contributed by atoms with Crippen molar-refractivity contribution in [3.63, 3.8) is 0 Å². The number of fused-ring (bicyclic) bond motifs is 1. The van der Waals surface area contributed by atoms with E-state index >= 15 is 0 Å². The molecule has 2 aliphatic rings. The molecule has 1 fully saturated rings. The summed E-state index contributed by atoms with van der Waals surface area (Å²) in [5.41, 5.74) is 6.56. The molecule has 1 aliphatic heterocycles. The molecule has 0 spiro atoms. The molecule has 30 heavy (non-hydrogen) atoms. The van der Waals surface area contributed by atoms with E-state index in [0.29, 0.717) is 34.2 Å². The van der Waals surface area contributed by atoms with Gasteiger partial charge in [0.15, 0.2) is 5.17 Å². The van der Waals surface area contributed by atoms with Gasteiger partial charge in [-0.3, -0.25) is 9.79 Å². The van der Waals surface area contributed by atoms with Crippen LogP contribution in [0.4, 0.5) is 10.1 Å². The molecule has 2 heterocycles. The van der Waals surface area contributed by atoms with Gasteiger partial charge in [0.2, 0.25) is 0 Å². The second kappa shape index (κ2) is 8.05. The predicted molar refractivity (Wildman–Crippen MR) is 113 cm³/mol. The summed E-state index contributed by atoms with van der Waals surface area (Å²) >= 11 is 1.45. The van der Waals surface area contributed by atoms with Gasteiger partial charge in [-0.25, -0.2) is 9.37 Å². The Kier molecular flexibility index (Phi) is 5.45. The number of pyridine rings is 1. The molecular weight excluding hydrogens is 405 g/mol. The fourth-order valence-corrected chi connectivity index (χ4v) is 5.31. The van der Waals surface area contributed by atoms with E-state index in [2.05, 4.69) is 15.3 Å². The predicted octanol–water partition coefficient (Wildman–Crippen LogP) is 3.03. The highest BCUT2D eigenvalue weighted by Crippen LogP contribution is 2.52. The van der Waals surface area contributed by atoms with Crippen LogP contribution in [0.3, 0.4) is 0 Å². The average Bonchev–Trinajstić information content (AvgIpc) is 3.13. The van der Waals surface area contributed by atoms with Crippen LogP contribution in [-0.4, -0.2) is 35.0 Å². The number of halogens is 1. The molecule has 154 valence electrons. The Morgan fingerprint density at radius 2 is 2.27 bits per heavy atom. The number of nitrogens with two attached hydrogens (primary N) is 1. The third kappa shape index (κ3) is 3.53. The van der Waals surface area contributed by atoms with Gasteiger partial charge in [0, 0.05) is 36.2 Å². The maximum Gasteiger partial charge on any atom is 0.274 e. The molecule has 9 heteroatoms. The van der Waals surface area contributed by atoms with Crippen LogP contribution in [0.5, 0.6) is 0 Å². The van der Waals surface area contributed by atoms with Crippen LogP contribution in [0.1, 0.15) is 34.5 Å². The second-order valence-electron chi connectivity index (χ2n) is 7.30. The number of amides is 1. The molecule has 2 aromatic rings. The molecule has 1 aromatic heterocycles. The highest BCUT2D eigenvalue weighted by molar-refractivity contribution is 8.13. The lowest BCUT2D eigenvalue weighted by Crippen LogP contribution is -2.41. The Hall–Kier alpha value is -2.96. The van der Waals surface area contributed by atoms with E-state index in [9.17, 15) is 9.18 Å². The van der Waals surface area contributed by atoms with Crippen molar-refractivity contribution in [2.24, 2.45) is 16.6 Å². The van der Waals surface area contributed by atoms with Gasteiger partial charge in [0.05, 0.1) is 17.2 Å². The summed E-state index contributed by atoms with van der Waals surface area (Å²) < 4.78 is 20.6. The number of aromatic nitrogens is 1. The first-order valence-electron chi connectivity index (χ1n) is 9.45. The summed E-state index contributed by atoms with van der Waals surface area (Å²) in [6.07, 6.45) is 2.66. The van der Waals surface area contributed by atoms with Crippen molar-refractivity contribution >= 4 is 28.5 Å². The smallest absolute Gasteiger partial charge is 0.274 e. The minimum absolute atomic E-state index is 0.0135. The molecule has 0 saturated heterocycles. The Bertz CT molecular complexity index is 1050. The van der Waals surface area contributed by atoms with E-state index in [4.69, 9.17) is 15.7 Å². The number of hydrogen-bond acceptors (Lipinski definition) is 7. The summed E-state index contributed by atoms with van der Waals surface area (Å²) in [5.74, 6) is -0.163. The van der Waals surface area contributed by atoms with Gasteiger partial charge in [0.25, 0.3) is 5.91 Å². The minimum Gasteiger partial charge on any atom is -0.381 e. The number of aliphatic imine (C=N–C) groups is 1. The van der Waals surface area contributed by atoms with E-state index in [-0.39, 0.29) is 17.7 Å². The number of benzene rings is 1. The summed E-state index contributed by atoms with van der Waals surface area (Å²) in [6.45, 7) is 0. The van der Waals surface area contributed by atoms with Crippen molar-refractivity contribution in [1.29, 1.82) is 5.26 Å². The third-order valence-electron chi connectivity index (χ3n) is 5.71. The van der Waals surface area contributed by atoms with Crippen LogP contribution >= 0.6 is 11.8 Å². The van der Waals surface area contributed by atoms with E-state index in [0.717, 1.165) is 6.42 Å². The molecule has 1 amide bonds. The van der Waals surface area contributed by atoms with Crippen molar-refractivity contribution in [1.82, 2.24) is 4.98 Å². The zero-order chi connectivity index (χ0) is 21.3. The number of amidine groups is 1. The topological polar surface area (TPSA) is 113 Å². The summed E-state index contributed by atoms with van der Waals surface area (Å²) in [7, 11) is 1.66. The molecule has 1 aliphatic carbocycles. The Labute approximate surface area is 177 Å². The number of methoxy groups -OCH3 is 1. The number of ether oxygens (including phenoxy) is 1. The summed E-state index contributed by atoms with van der Waals surface area (Å²) in [6, 6.07) is 9.39. The lowest BCUT2D eigenvalue weighted by molar-refractivity contribution is 0.0645.